The van der Waals surface area contributed by atoms with Crippen molar-refractivity contribution in [3.63, 3.8) is 0 Å². The molecule has 0 atom stereocenters. The predicted octanol–water partition coefficient (Wildman–Crippen LogP) is 3.40. The number of nitro benzene ring substituents is 1. The number of amides is 1. The quantitative estimate of drug-likeness (QED) is 0.638. The summed E-state index contributed by atoms with van der Waals surface area (Å²) in [6.07, 6.45) is 1.41. The molecule has 1 aliphatic rings. The first-order valence-corrected chi connectivity index (χ1v) is 7.39. The molecule has 0 aromatic heterocycles. The minimum atomic E-state index is -0.503. The number of rotatable bonds is 4. The van der Waals surface area contributed by atoms with E-state index in [2.05, 4.69) is 6.58 Å². The standard InChI is InChI=1S/C18H16N2O4/c1-3-12-4-5-13(9-17(12)20(22)23)18(21)19-10-14-6-7-16(24-2)8-15(14)11-19/h3-9H,1,10-11H2,2H3. The smallest absolute Gasteiger partial charge is 0.277 e. The van der Waals surface area contributed by atoms with E-state index in [0.29, 0.717) is 24.2 Å². The molecule has 1 heterocycles. The van der Waals surface area contributed by atoms with Gasteiger partial charge >= 0.3 is 0 Å². The maximum Gasteiger partial charge on any atom is 0.277 e. The molecule has 2 aromatic carbocycles. The van der Waals surface area contributed by atoms with Crippen molar-refractivity contribution in [2.45, 2.75) is 13.1 Å². The molecule has 0 aliphatic carbocycles. The molecule has 0 saturated heterocycles. The van der Waals surface area contributed by atoms with Crippen LogP contribution in [-0.4, -0.2) is 22.8 Å². The molecular weight excluding hydrogens is 308 g/mol. The number of ether oxygens (including phenoxy) is 1. The van der Waals surface area contributed by atoms with Gasteiger partial charge in [0.25, 0.3) is 11.6 Å². The third-order valence-corrected chi connectivity index (χ3v) is 4.12. The largest absolute Gasteiger partial charge is 0.497 e. The number of benzene rings is 2. The number of carbonyl (C=O) groups excluding carboxylic acids is 1. The van der Waals surface area contributed by atoms with Gasteiger partial charge in [0, 0.05) is 24.7 Å². The van der Waals surface area contributed by atoms with Crippen LogP contribution in [0, 0.1) is 10.1 Å². The van der Waals surface area contributed by atoms with E-state index in [1.807, 2.05) is 18.2 Å². The molecule has 6 nitrogen and oxygen atoms in total. The van der Waals surface area contributed by atoms with Gasteiger partial charge in [-0.25, -0.2) is 0 Å². The first kappa shape index (κ1) is 15.7. The van der Waals surface area contributed by atoms with Gasteiger partial charge in [0.1, 0.15) is 5.75 Å². The van der Waals surface area contributed by atoms with Gasteiger partial charge < -0.3 is 9.64 Å². The van der Waals surface area contributed by atoms with Gasteiger partial charge in [-0.3, -0.25) is 14.9 Å². The molecule has 3 rings (SSSR count). The lowest BCUT2D eigenvalue weighted by Crippen LogP contribution is -2.25. The second-order valence-electron chi connectivity index (χ2n) is 5.53. The molecule has 6 heteroatoms. The summed E-state index contributed by atoms with van der Waals surface area (Å²) in [5.74, 6) is 0.512. The van der Waals surface area contributed by atoms with Crippen LogP contribution in [-0.2, 0) is 13.1 Å². The van der Waals surface area contributed by atoms with Gasteiger partial charge in [-0.2, -0.15) is 0 Å². The van der Waals surface area contributed by atoms with E-state index >= 15 is 0 Å². The van der Waals surface area contributed by atoms with Crippen molar-refractivity contribution in [3.8, 4) is 5.75 Å². The Morgan fingerprint density at radius 2 is 2.00 bits per heavy atom. The average molecular weight is 324 g/mol. The fourth-order valence-electron chi connectivity index (χ4n) is 2.83. The Hall–Kier alpha value is -3.15. The molecule has 0 bridgehead atoms. The lowest BCUT2D eigenvalue weighted by molar-refractivity contribution is -0.385. The summed E-state index contributed by atoms with van der Waals surface area (Å²) in [6, 6.07) is 10.1. The maximum atomic E-state index is 12.7. The van der Waals surface area contributed by atoms with E-state index in [1.165, 1.54) is 12.1 Å². The van der Waals surface area contributed by atoms with Crippen LogP contribution in [0.4, 0.5) is 5.69 Å². The molecule has 1 aliphatic heterocycles. The van der Waals surface area contributed by atoms with Crippen LogP contribution in [0.15, 0.2) is 43.0 Å². The van der Waals surface area contributed by atoms with Crippen molar-refractivity contribution in [1.29, 1.82) is 0 Å². The van der Waals surface area contributed by atoms with Crippen molar-refractivity contribution < 1.29 is 14.5 Å². The maximum absolute atomic E-state index is 12.7. The first-order chi connectivity index (χ1) is 11.5. The molecule has 2 aromatic rings. The number of fused-ring (bicyclic) bond motifs is 1. The van der Waals surface area contributed by atoms with Crippen LogP contribution >= 0.6 is 0 Å². The van der Waals surface area contributed by atoms with Crippen molar-refractivity contribution in [3.05, 3.63) is 75.3 Å². The van der Waals surface area contributed by atoms with Crippen molar-refractivity contribution in [1.82, 2.24) is 4.90 Å². The second kappa shape index (κ2) is 6.16. The van der Waals surface area contributed by atoms with Crippen LogP contribution in [0.1, 0.15) is 27.0 Å². The molecular formula is C18H16N2O4. The Balaban J connectivity index is 1.87. The van der Waals surface area contributed by atoms with Gasteiger partial charge in [-0.1, -0.05) is 18.7 Å². The first-order valence-electron chi connectivity index (χ1n) is 7.39. The predicted molar refractivity (Wildman–Crippen MR) is 89.8 cm³/mol. The summed E-state index contributed by atoms with van der Waals surface area (Å²) in [6.45, 7) is 4.50. The highest BCUT2D eigenvalue weighted by Gasteiger charge is 2.26. The van der Waals surface area contributed by atoms with Crippen LogP contribution in [0.25, 0.3) is 6.08 Å². The molecule has 0 N–H and O–H groups in total. The highest BCUT2D eigenvalue weighted by Crippen LogP contribution is 2.29. The zero-order valence-electron chi connectivity index (χ0n) is 13.2. The highest BCUT2D eigenvalue weighted by atomic mass is 16.6. The highest BCUT2D eigenvalue weighted by molar-refractivity contribution is 5.95. The number of methoxy groups -OCH3 is 1. The monoisotopic (exact) mass is 324 g/mol. The lowest BCUT2D eigenvalue weighted by atomic mass is 10.1. The molecule has 0 unspecified atom stereocenters. The zero-order chi connectivity index (χ0) is 17.3. The molecule has 0 fully saturated rings. The van der Waals surface area contributed by atoms with E-state index in [9.17, 15) is 14.9 Å². The van der Waals surface area contributed by atoms with Crippen LogP contribution in [0.2, 0.25) is 0 Å². The van der Waals surface area contributed by atoms with Crippen LogP contribution in [0.3, 0.4) is 0 Å². The van der Waals surface area contributed by atoms with E-state index < -0.39 is 4.92 Å². The minimum Gasteiger partial charge on any atom is -0.497 e. The van der Waals surface area contributed by atoms with E-state index in [1.54, 1.807) is 24.1 Å². The molecule has 0 spiro atoms. The summed E-state index contributed by atoms with van der Waals surface area (Å²) in [5.41, 5.74) is 2.66. The van der Waals surface area contributed by atoms with Crippen LogP contribution in [0.5, 0.6) is 5.75 Å². The molecule has 122 valence electrons. The van der Waals surface area contributed by atoms with Crippen molar-refractivity contribution in [2.24, 2.45) is 0 Å². The van der Waals surface area contributed by atoms with E-state index in [0.717, 1.165) is 16.9 Å². The SMILES string of the molecule is C=Cc1ccc(C(=O)N2Cc3ccc(OC)cc3C2)cc1[N+](=O)[O-]. The Kier molecular flexibility index (Phi) is 4.04. The number of carbonyl (C=O) groups is 1. The topological polar surface area (TPSA) is 72.7 Å². The number of nitrogens with zero attached hydrogens (tertiary/aromatic N) is 2. The van der Waals surface area contributed by atoms with E-state index in [4.69, 9.17) is 4.74 Å². The Labute approximate surface area is 139 Å². The van der Waals surface area contributed by atoms with Crippen LogP contribution < -0.4 is 4.74 Å². The molecule has 0 saturated carbocycles. The van der Waals surface area contributed by atoms with Gasteiger partial charge in [-0.05, 0) is 35.4 Å². The van der Waals surface area contributed by atoms with E-state index in [-0.39, 0.29) is 11.6 Å². The minimum absolute atomic E-state index is 0.116. The number of hydrogen-bond donors (Lipinski definition) is 0. The lowest BCUT2D eigenvalue weighted by Gasteiger charge is -2.15. The third-order valence-electron chi connectivity index (χ3n) is 4.12. The number of nitro groups is 1. The van der Waals surface area contributed by atoms with Gasteiger partial charge in [0.05, 0.1) is 17.6 Å². The summed E-state index contributed by atoms with van der Waals surface area (Å²) >= 11 is 0. The van der Waals surface area contributed by atoms with Crippen molar-refractivity contribution >= 4 is 17.7 Å². The van der Waals surface area contributed by atoms with Crippen molar-refractivity contribution in [2.75, 3.05) is 7.11 Å². The molecule has 1 amide bonds. The summed E-state index contributed by atoms with van der Waals surface area (Å²) in [7, 11) is 1.60. The normalized spacial score (nSPS) is 12.6. The average Bonchev–Trinajstić information content (AvgIpc) is 3.03. The van der Waals surface area contributed by atoms with Gasteiger partial charge in [-0.15, -0.1) is 0 Å². The number of hydrogen-bond acceptors (Lipinski definition) is 4. The Morgan fingerprint density at radius 3 is 2.67 bits per heavy atom. The molecule has 24 heavy (non-hydrogen) atoms. The molecule has 0 radical (unpaired) electrons. The third kappa shape index (κ3) is 2.74. The fraction of sp³-hybridized carbons (Fsp3) is 0.167. The summed E-state index contributed by atoms with van der Waals surface area (Å²) in [4.78, 5) is 25.0. The van der Waals surface area contributed by atoms with Gasteiger partial charge in [0.2, 0.25) is 0 Å². The summed E-state index contributed by atoms with van der Waals surface area (Å²) in [5, 5.41) is 11.1. The Bertz CT molecular complexity index is 845. The fourth-order valence-corrected chi connectivity index (χ4v) is 2.83. The summed E-state index contributed by atoms with van der Waals surface area (Å²) < 4.78 is 5.20. The Morgan fingerprint density at radius 1 is 1.25 bits per heavy atom. The van der Waals surface area contributed by atoms with Gasteiger partial charge in [0.15, 0.2) is 0 Å². The second-order valence-corrected chi connectivity index (χ2v) is 5.53. The zero-order valence-corrected chi connectivity index (χ0v) is 13.2.